The van der Waals surface area contributed by atoms with Crippen molar-refractivity contribution in [2.75, 3.05) is 0 Å². The second-order valence-electron chi connectivity index (χ2n) is 6.68. The van der Waals surface area contributed by atoms with Gasteiger partial charge in [-0.05, 0) is 54.9 Å². The van der Waals surface area contributed by atoms with Crippen LogP contribution < -0.4 is 0 Å². The van der Waals surface area contributed by atoms with E-state index in [0.717, 1.165) is 27.9 Å². The highest BCUT2D eigenvalue weighted by Crippen LogP contribution is 2.33. The highest BCUT2D eigenvalue weighted by Gasteiger charge is 2.37. The second kappa shape index (κ2) is 8.12. The lowest BCUT2D eigenvalue weighted by atomic mass is 10.1. The Bertz CT molecular complexity index is 1060. The molecule has 2 aliphatic heterocycles. The molecule has 0 unspecified atom stereocenters. The number of benzene rings is 1. The van der Waals surface area contributed by atoms with E-state index in [-0.39, 0.29) is 11.4 Å². The predicted molar refractivity (Wildman–Crippen MR) is 121 cm³/mol. The molecule has 8 heteroatoms. The molecule has 0 radical (unpaired) electrons. The van der Waals surface area contributed by atoms with E-state index >= 15 is 0 Å². The Balaban J connectivity index is 1.61. The third-order valence-electron chi connectivity index (χ3n) is 4.85. The number of thioether (sulfide) groups is 1. The van der Waals surface area contributed by atoms with E-state index in [9.17, 15) is 4.79 Å². The maximum Gasteiger partial charge on any atom is 0.283 e. The van der Waals surface area contributed by atoms with Gasteiger partial charge < -0.3 is 4.42 Å². The number of amidine groups is 2. The topological polar surface area (TPSA) is 82.0 Å². The molecule has 6 nitrogen and oxygen atoms in total. The summed E-state index contributed by atoms with van der Waals surface area (Å²) in [5.74, 6) is 1.06. The van der Waals surface area contributed by atoms with Crippen molar-refractivity contribution >= 4 is 55.7 Å². The molecule has 2 aliphatic rings. The first kappa shape index (κ1) is 19.8. The fourth-order valence-electron chi connectivity index (χ4n) is 3.15. The van der Waals surface area contributed by atoms with Gasteiger partial charge in [0.1, 0.15) is 16.6 Å². The summed E-state index contributed by atoms with van der Waals surface area (Å²) in [6, 6.07) is 11.4. The summed E-state index contributed by atoms with van der Waals surface area (Å²) in [4.78, 5) is 16.7. The van der Waals surface area contributed by atoms with Crippen LogP contribution in [0.3, 0.4) is 0 Å². The van der Waals surface area contributed by atoms with Crippen molar-refractivity contribution in [3.05, 3.63) is 52.2 Å². The summed E-state index contributed by atoms with van der Waals surface area (Å²) in [5, 5.41) is 15.8. The van der Waals surface area contributed by atoms with E-state index in [4.69, 9.17) is 9.83 Å². The smallest absolute Gasteiger partial charge is 0.283 e. The number of nitrogens with zero attached hydrogens (tertiary/aromatic N) is 3. The zero-order chi connectivity index (χ0) is 20.5. The molecule has 29 heavy (non-hydrogen) atoms. The van der Waals surface area contributed by atoms with Crippen LogP contribution in [-0.4, -0.2) is 27.0 Å². The molecule has 1 N–H and O–H groups in total. The van der Waals surface area contributed by atoms with Crippen molar-refractivity contribution in [3.63, 3.8) is 0 Å². The first-order chi connectivity index (χ1) is 14.0. The van der Waals surface area contributed by atoms with E-state index in [1.165, 1.54) is 16.8 Å². The predicted octanol–water partition coefficient (Wildman–Crippen LogP) is 5.76. The Hall–Kier alpha value is -2.45. The van der Waals surface area contributed by atoms with Crippen LogP contribution in [0.15, 0.2) is 61.0 Å². The van der Waals surface area contributed by atoms with Crippen LogP contribution in [0.25, 0.3) is 17.4 Å². The monoisotopic (exact) mass is 470 g/mol. The van der Waals surface area contributed by atoms with Crippen LogP contribution in [0.5, 0.6) is 0 Å². The zero-order valence-electron chi connectivity index (χ0n) is 16.0. The van der Waals surface area contributed by atoms with Crippen molar-refractivity contribution in [1.82, 2.24) is 5.01 Å². The summed E-state index contributed by atoms with van der Waals surface area (Å²) in [6.07, 6.45) is 3.47. The molecule has 0 fully saturated rings. The number of halogens is 1. The molecule has 3 heterocycles. The molecule has 1 amide bonds. The number of hydrogen-bond donors (Lipinski definition) is 1. The van der Waals surface area contributed by atoms with Gasteiger partial charge in [0, 0.05) is 16.0 Å². The van der Waals surface area contributed by atoms with Gasteiger partial charge in [-0.15, -0.1) is 0 Å². The Morgan fingerprint density at radius 1 is 1.21 bits per heavy atom. The standard InChI is InChI=1S/C21H19BrN4O2S/c1-3-12(4-2)20-25-26-18(23)16(19(27)24-21(26)29-20)11-15-9-10-17(28-15)13-5-7-14(22)8-6-13/h5-12,23H,3-4H2,1-2H3. The third-order valence-corrected chi connectivity index (χ3v) is 6.45. The number of hydrazone groups is 1. The highest BCUT2D eigenvalue weighted by atomic mass is 79.9. The molecule has 0 aliphatic carbocycles. The molecule has 148 valence electrons. The fraction of sp³-hybridized carbons (Fsp3) is 0.238. The summed E-state index contributed by atoms with van der Waals surface area (Å²) >= 11 is 4.80. The summed E-state index contributed by atoms with van der Waals surface area (Å²) in [5.41, 5.74) is 1.10. The van der Waals surface area contributed by atoms with E-state index in [1.807, 2.05) is 30.3 Å². The van der Waals surface area contributed by atoms with Gasteiger partial charge in [-0.25, -0.2) is 0 Å². The van der Waals surface area contributed by atoms with Gasteiger partial charge in [0.15, 0.2) is 5.84 Å². The number of aliphatic imine (C=N–C) groups is 1. The minimum absolute atomic E-state index is 0.0232. The van der Waals surface area contributed by atoms with Crippen LogP contribution in [-0.2, 0) is 4.79 Å². The number of carbonyl (C=O) groups is 1. The first-order valence-electron chi connectivity index (χ1n) is 9.36. The maximum absolute atomic E-state index is 12.5. The van der Waals surface area contributed by atoms with Gasteiger partial charge in [0.2, 0.25) is 5.17 Å². The molecule has 0 atom stereocenters. The molecule has 2 aromatic rings. The summed E-state index contributed by atoms with van der Waals surface area (Å²) < 4.78 is 6.85. The van der Waals surface area contributed by atoms with Crippen LogP contribution in [0.2, 0.25) is 0 Å². The number of nitrogens with one attached hydrogen (secondary N) is 1. The van der Waals surface area contributed by atoms with Crippen molar-refractivity contribution in [1.29, 1.82) is 5.41 Å². The normalized spacial score (nSPS) is 17.8. The minimum Gasteiger partial charge on any atom is -0.457 e. The van der Waals surface area contributed by atoms with Crippen LogP contribution in [0.4, 0.5) is 0 Å². The van der Waals surface area contributed by atoms with Crippen LogP contribution in [0, 0.1) is 11.3 Å². The number of rotatable bonds is 5. The molecule has 4 rings (SSSR count). The lowest BCUT2D eigenvalue weighted by Crippen LogP contribution is -2.35. The lowest BCUT2D eigenvalue weighted by Gasteiger charge is -2.19. The fourth-order valence-corrected chi connectivity index (χ4v) is 4.57. The number of fused-ring (bicyclic) bond motifs is 1. The molecular weight excluding hydrogens is 452 g/mol. The van der Waals surface area contributed by atoms with Gasteiger partial charge in [-0.3, -0.25) is 10.2 Å². The number of amides is 1. The van der Waals surface area contributed by atoms with Crippen LogP contribution in [0.1, 0.15) is 32.4 Å². The zero-order valence-corrected chi connectivity index (χ0v) is 18.4. The van der Waals surface area contributed by atoms with Gasteiger partial charge in [-0.1, -0.05) is 41.9 Å². The van der Waals surface area contributed by atoms with E-state index < -0.39 is 5.91 Å². The quantitative estimate of drug-likeness (QED) is 0.562. The first-order valence-corrected chi connectivity index (χ1v) is 11.0. The van der Waals surface area contributed by atoms with Crippen molar-refractivity contribution in [2.24, 2.45) is 16.0 Å². The van der Waals surface area contributed by atoms with Crippen molar-refractivity contribution < 1.29 is 9.21 Å². The molecule has 1 aromatic heterocycles. The highest BCUT2D eigenvalue weighted by molar-refractivity contribution is 9.10. The molecule has 0 saturated carbocycles. The molecule has 0 bridgehead atoms. The largest absolute Gasteiger partial charge is 0.457 e. The Morgan fingerprint density at radius 3 is 2.62 bits per heavy atom. The second-order valence-corrected chi connectivity index (χ2v) is 8.58. The van der Waals surface area contributed by atoms with E-state index in [0.29, 0.717) is 22.6 Å². The number of carbonyl (C=O) groups excluding carboxylic acids is 1. The van der Waals surface area contributed by atoms with E-state index in [1.54, 1.807) is 12.1 Å². The SMILES string of the molecule is CCC(CC)C1=NN2C(=N)C(=Cc3ccc(-c4ccc(Br)cc4)o3)C(=O)N=C2S1. The lowest BCUT2D eigenvalue weighted by molar-refractivity contribution is -0.114. The van der Waals surface area contributed by atoms with Gasteiger partial charge in [0.25, 0.3) is 5.91 Å². The summed E-state index contributed by atoms with van der Waals surface area (Å²) in [7, 11) is 0. The van der Waals surface area contributed by atoms with E-state index in [2.05, 4.69) is 39.9 Å². The van der Waals surface area contributed by atoms with Crippen molar-refractivity contribution in [3.8, 4) is 11.3 Å². The Labute approximate surface area is 181 Å². The maximum atomic E-state index is 12.5. The average molecular weight is 471 g/mol. The Morgan fingerprint density at radius 2 is 1.93 bits per heavy atom. The molecule has 1 aromatic carbocycles. The van der Waals surface area contributed by atoms with Gasteiger partial charge in [-0.2, -0.15) is 15.1 Å². The van der Waals surface area contributed by atoms with Crippen LogP contribution >= 0.6 is 27.7 Å². The Kier molecular flexibility index (Phi) is 5.56. The minimum atomic E-state index is -0.448. The van der Waals surface area contributed by atoms with Crippen molar-refractivity contribution in [2.45, 2.75) is 26.7 Å². The molecular formula is C21H19BrN4O2S. The molecule has 0 saturated heterocycles. The van der Waals surface area contributed by atoms with Gasteiger partial charge in [0.05, 0.1) is 5.57 Å². The average Bonchev–Trinajstić information content (AvgIpc) is 3.34. The number of hydrogen-bond acceptors (Lipinski definition) is 5. The number of furan rings is 1. The molecule has 0 spiro atoms. The van der Waals surface area contributed by atoms with Gasteiger partial charge >= 0.3 is 0 Å². The summed E-state index contributed by atoms with van der Waals surface area (Å²) in [6.45, 7) is 4.22. The third kappa shape index (κ3) is 3.86.